The number of fused-ring (bicyclic) bond motifs is 1. The van der Waals surface area contributed by atoms with Crippen LogP contribution in [0.5, 0.6) is 5.75 Å². The third kappa shape index (κ3) is 6.09. The van der Waals surface area contributed by atoms with E-state index in [4.69, 9.17) is 9.47 Å². The van der Waals surface area contributed by atoms with Crippen molar-refractivity contribution >= 4 is 23.6 Å². The van der Waals surface area contributed by atoms with Gasteiger partial charge < -0.3 is 24.6 Å². The van der Waals surface area contributed by atoms with Gasteiger partial charge in [-0.3, -0.25) is 14.6 Å². The molecule has 1 aliphatic rings. The van der Waals surface area contributed by atoms with Crippen molar-refractivity contribution in [3.8, 4) is 5.75 Å². The number of amides is 3. The zero-order valence-electron chi connectivity index (χ0n) is 21.4. The van der Waals surface area contributed by atoms with E-state index in [1.165, 1.54) is 17.3 Å². The molecule has 2 atom stereocenters. The van der Waals surface area contributed by atoms with Gasteiger partial charge in [0.25, 0.3) is 11.8 Å². The number of pyridine rings is 1. The monoisotopic (exact) mass is 482 g/mol. The van der Waals surface area contributed by atoms with Crippen LogP contribution < -0.4 is 10.1 Å². The highest BCUT2D eigenvalue weighted by molar-refractivity contribution is 6.07. The van der Waals surface area contributed by atoms with Crippen LogP contribution in [0, 0.1) is 0 Å². The quantitative estimate of drug-likeness (QED) is 0.685. The molecule has 0 saturated carbocycles. The first-order valence-corrected chi connectivity index (χ1v) is 11.7. The van der Waals surface area contributed by atoms with E-state index in [9.17, 15) is 14.4 Å². The smallest absolute Gasteiger partial charge is 0.410 e. The molecule has 1 N–H and O–H groups in total. The molecule has 0 saturated heterocycles. The fourth-order valence-corrected chi connectivity index (χ4v) is 3.96. The predicted octanol–water partition coefficient (Wildman–Crippen LogP) is 4.20. The summed E-state index contributed by atoms with van der Waals surface area (Å²) >= 11 is 0. The Labute approximate surface area is 206 Å². The molecule has 2 unspecified atom stereocenters. The molecule has 1 aromatic carbocycles. The van der Waals surface area contributed by atoms with Crippen LogP contribution in [0.1, 0.15) is 62.3 Å². The maximum Gasteiger partial charge on any atom is 0.410 e. The zero-order chi connectivity index (χ0) is 25.9. The summed E-state index contributed by atoms with van der Waals surface area (Å²) in [4.78, 5) is 46.1. The van der Waals surface area contributed by atoms with E-state index >= 15 is 0 Å². The normalized spacial score (nSPS) is 17.8. The highest BCUT2D eigenvalue weighted by Crippen LogP contribution is 2.36. The summed E-state index contributed by atoms with van der Waals surface area (Å²) in [5, 5.41) is 2.85. The highest BCUT2D eigenvalue weighted by Gasteiger charge is 2.39. The lowest BCUT2D eigenvalue weighted by Gasteiger charge is -2.36. The summed E-state index contributed by atoms with van der Waals surface area (Å²) in [6.45, 7) is 11.3. The van der Waals surface area contributed by atoms with E-state index < -0.39 is 17.8 Å². The molecule has 1 aromatic heterocycles. The summed E-state index contributed by atoms with van der Waals surface area (Å²) < 4.78 is 11.9. The molecule has 0 radical (unpaired) electrons. The lowest BCUT2D eigenvalue weighted by molar-refractivity contribution is 0.0125. The summed E-state index contributed by atoms with van der Waals surface area (Å²) in [5.74, 6) is -0.278. The van der Waals surface area contributed by atoms with Crippen LogP contribution in [0.15, 0.2) is 42.7 Å². The molecule has 2 aromatic rings. The third-order valence-electron chi connectivity index (χ3n) is 5.63. The van der Waals surface area contributed by atoms with Crippen molar-refractivity contribution in [1.82, 2.24) is 14.8 Å². The minimum atomic E-state index is -0.641. The van der Waals surface area contributed by atoms with Crippen molar-refractivity contribution in [2.24, 2.45) is 0 Å². The molecule has 35 heavy (non-hydrogen) atoms. The van der Waals surface area contributed by atoms with Crippen LogP contribution in [0.25, 0.3) is 0 Å². The Morgan fingerprint density at radius 1 is 1.20 bits per heavy atom. The van der Waals surface area contributed by atoms with Gasteiger partial charge in [-0.05, 0) is 65.8 Å². The van der Waals surface area contributed by atoms with Crippen molar-refractivity contribution in [1.29, 1.82) is 0 Å². The van der Waals surface area contributed by atoms with Crippen molar-refractivity contribution in [3.63, 3.8) is 0 Å². The SMILES string of the molecule is CC(C)N1C(=O)c2cccc(NC(=O)c3ccncc3)c2OC(CN(C)C(=O)OC(C)(C)C)C1C. The number of benzene rings is 1. The molecule has 0 spiro atoms. The molecular formula is C26H34N4O5. The molecule has 0 aliphatic carbocycles. The molecule has 3 amide bonds. The number of hydrogen-bond acceptors (Lipinski definition) is 6. The summed E-state index contributed by atoms with van der Waals surface area (Å²) in [6, 6.07) is 7.81. The van der Waals surface area contributed by atoms with Gasteiger partial charge in [-0.1, -0.05) is 6.07 Å². The Morgan fingerprint density at radius 3 is 2.46 bits per heavy atom. The average Bonchev–Trinajstić information content (AvgIpc) is 2.88. The Morgan fingerprint density at radius 2 is 1.86 bits per heavy atom. The van der Waals surface area contributed by atoms with Gasteiger partial charge in [0.15, 0.2) is 5.75 Å². The number of para-hydroxylation sites is 1. The molecule has 1 aliphatic heterocycles. The van der Waals surface area contributed by atoms with Crippen molar-refractivity contribution < 1.29 is 23.9 Å². The maximum absolute atomic E-state index is 13.6. The van der Waals surface area contributed by atoms with Crippen LogP contribution in [-0.4, -0.2) is 70.1 Å². The Hall–Kier alpha value is -3.62. The zero-order valence-corrected chi connectivity index (χ0v) is 21.4. The van der Waals surface area contributed by atoms with Crippen LogP contribution in [0.2, 0.25) is 0 Å². The second-order valence-corrected chi connectivity index (χ2v) is 9.94. The number of nitrogens with zero attached hydrogens (tertiary/aromatic N) is 3. The lowest BCUT2D eigenvalue weighted by atomic mass is 10.1. The average molecular weight is 483 g/mol. The third-order valence-corrected chi connectivity index (χ3v) is 5.63. The number of ether oxygens (including phenoxy) is 2. The molecule has 3 rings (SSSR count). The van der Waals surface area contributed by atoms with Gasteiger partial charge in [-0.15, -0.1) is 0 Å². The van der Waals surface area contributed by atoms with Crippen LogP contribution in [-0.2, 0) is 4.74 Å². The Kier molecular flexibility index (Phi) is 7.67. The second kappa shape index (κ2) is 10.3. The predicted molar refractivity (Wildman–Crippen MR) is 133 cm³/mol. The van der Waals surface area contributed by atoms with Gasteiger partial charge in [0.1, 0.15) is 11.7 Å². The number of likely N-dealkylation sites (N-methyl/N-ethyl adjacent to an activating group) is 1. The molecule has 0 fully saturated rings. The van der Waals surface area contributed by atoms with Crippen LogP contribution >= 0.6 is 0 Å². The van der Waals surface area contributed by atoms with Gasteiger partial charge in [0, 0.05) is 31.0 Å². The number of aromatic nitrogens is 1. The van der Waals surface area contributed by atoms with Crippen molar-refractivity contribution in [2.45, 2.75) is 65.3 Å². The van der Waals surface area contributed by atoms with Gasteiger partial charge >= 0.3 is 6.09 Å². The van der Waals surface area contributed by atoms with E-state index in [-0.39, 0.29) is 36.2 Å². The number of nitrogens with one attached hydrogen (secondary N) is 1. The molecular weight excluding hydrogens is 448 g/mol. The minimum absolute atomic E-state index is 0.114. The number of carbonyl (C=O) groups excluding carboxylic acids is 3. The molecule has 0 bridgehead atoms. The maximum atomic E-state index is 13.6. The molecule has 188 valence electrons. The number of anilines is 1. The first kappa shape index (κ1) is 26.0. The van der Waals surface area contributed by atoms with Gasteiger partial charge in [0.2, 0.25) is 0 Å². The topological polar surface area (TPSA) is 101 Å². The Bertz CT molecular complexity index is 1080. The fourth-order valence-electron chi connectivity index (χ4n) is 3.96. The molecule has 9 nitrogen and oxygen atoms in total. The molecule has 9 heteroatoms. The summed E-state index contributed by atoms with van der Waals surface area (Å²) in [6.07, 6.45) is 2.01. The fraction of sp³-hybridized carbons (Fsp3) is 0.462. The standard InChI is InChI=1S/C26H34N4O5/c1-16(2)30-17(3)21(15-29(7)25(33)35-26(4,5)6)34-22-19(24(30)32)9-8-10-20(22)28-23(31)18-11-13-27-14-12-18/h8-14,16-17,21H,15H2,1-7H3,(H,28,31). The number of carbonyl (C=O) groups is 3. The number of rotatable bonds is 5. The summed E-state index contributed by atoms with van der Waals surface area (Å²) in [7, 11) is 1.63. The second-order valence-electron chi connectivity index (χ2n) is 9.94. The van der Waals surface area contributed by atoms with Crippen LogP contribution in [0.3, 0.4) is 0 Å². The first-order chi connectivity index (χ1) is 16.4. The van der Waals surface area contributed by atoms with E-state index in [1.54, 1.807) is 63.1 Å². The largest absolute Gasteiger partial charge is 0.483 e. The van der Waals surface area contributed by atoms with E-state index in [0.717, 1.165) is 0 Å². The molecule has 2 heterocycles. The van der Waals surface area contributed by atoms with Gasteiger partial charge in [-0.2, -0.15) is 0 Å². The van der Waals surface area contributed by atoms with Crippen molar-refractivity contribution in [3.05, 3.63) is 53.9 Å². The van der Waals surface area contributed by atoms with Crippen LogP contribution in [0.4, 0.5) is 10.5 Å². The number of hydrogen-bond donors (Lipinski definition) is 1. The first-order valence-electron chi connectivity index (χ1n) is 11.7. The Balaban J connectivity index is 1.96. The van der Waals surface area contributed by atoms with E-state index in [2.05, 4.69) is 10.3 Å². The van der Waals surface area contributed by atoms with Gasteiger partial charge in [-0.25, -0.2) is 4.79 Å². The van der Waals surface area contributed by atoms with E-state index in [1.807, 2.05) is 20.8 Å². The summed E-state index contributed by atoms with van der Waals surface area (Å²) in [5.41, 5.74) is 0.509. The minimum Gasteiger partial charge on any atom is -0.483 e. The van der Waals surface area contributed by atoms with Gasteiger partial charge in [0.05, 0.1) is 23.8 Å². The van der Waals surface area contributed by atoms with E-state index in [0.29, 0.717) is 16.8 Å². The highest BCUT2D eigenvalue weighted by atomic mass is 16.6. The lowest BCUT2D eigenvalue weighted by Crippen LogP contribution is -2.52. The van der Waals surface area contributed by atoms with Crippen molar-refractivity contribution in [2.75, 3.05) is 18.9 Å².